The minimum absolute atomic E-state index is 0. The number of aliphatic carboxylic acids is 2. The molecule has 16 nitrogen and oxygen atoms in total. The number of thioether (sulfide) groups is 1. The van der Waals surface area contributed by atoms with E-state index in [1.807, 2.05) is 30.3 Å². The van der Waals surface area contributed by atoms with Crippen molar-refractivity contribution in [2.24, 2.45) is 0 Å². The fourth-order valence-electron chi connectivity index (χ4n) is 4.90. The van der Waals surface area contributed by atoms with Gasteiger partial charge in [0.15, 0.2) is 0 Å². The molecule has 2 aromatic carbocycles. The van der Waals surface area contributed by atoms with Crippen LogP contribution in [0.5, 0.6) is 0 Å². The Morgan fingerprint density at radius 1 is 1.00 bits per heavy atom. The number of carboxylic acids is 2. The molecule has 2 amide bonds. The molecule has 1 saturated heterocycles. The summed E-state index contributed by atoms with van der Waals surface area (Å²) in [6.07, 6.45) is -9.08. The molecule has 1 heterocycles. The molecule has 0 radical (unpaired) electrons. The third kappa shape index (κ3) is 16.3. The van der Waals surface area contributed by atoms with Crippen LogP contribution in [-0.2, 0) is 38.4 Å². The second kappa shape index (κ2) is 24.0. The molecule has 21 heteroatoms. The average Bonchev–Trinajstić information content (AvgIpc) is 3.03. The molecule has 1 aliphatic rings. The minimum Gasteiger partial charge on any atom is -0.726 e. The van der Waals surface area contributed by atoms with E-state index in [1.54, 1.807) is 12.1 Å². The van der Waals surface area contributed by atoms with Crippen molar-refractivity contribution >= 4 is 45.9 Å². The second-order valence-corrected chi connectivity index (χ2v) is 13.0. The third-order valence-electron chi connectivity index (χ3n) is 7.15. The standard InChI is InChI=1S/C30H38N2O14S2.3Na/c1-18(33)32-25-23(46-48(41,42)43)16-30(29(39)40,44-13-5-14-47-15-12-24(35)36)45-27(25)26(37)22(34)17-31-28(38)21-10-8-20(9-11-21)19-6-3-2-4-7-19;;;/h2-4,6-11,22-23,25-27,34,37H,5,12-17H2,1H3,(H,31,38)(H,32,33)(H,35,36)(H,39,40)(H,41,42,43);;;/q;3*+1/p-3/t22-,23+,25-,26-,27-,30-;;;/m1.../s1. The fraction of sp³-hybridized carbons (Fsp3) is 0.467. The van der Waals surface area contributed by atoms with Gasteiger partial charge in [0.2, 0.25) is 22.1 Å². The van der Waals surface area contributed by atoms with E-state index in [2.05, 4.69) is 14.8 Å². The van der Waals surface area contributed by atoms with Crippen LogP contribution in [0.25, 0.3) is 11.1 Å². The summed E-state index contributed by atoms with van der Waals surface area (Å²) >= 11 is 1.20. The molecule has 0 spiro atoms. The Morgan fingerprint density at radius 2 is 1.61 bits per heavy atom. The van der Waals surface area contributed by atoms with Gasteiger partial charge in [-0.15, -0.1) is 0 Å². The van der Waals surface area contributed by atoms with Crippen LogP contribution >= 0.6 is 11.8 Å². The molecule has 1 aliphatic heterocycles. The van der Waals surface area contributed by atoms with Crippen LogP contribution < -0.4 is 110 Å². The normalized spacial score (nSPS) is 21.0. The zero-order valence-electron chi connectivity index (χ0n) is 28.6. The first-order chi connectivity index (χ1) is 22.6. The number of hydrogen-bond acceptors (Lipinski definition) is 15. The number of rotatable bonds is 18. The molecular formula is C30H35N2Na3O14S2. The number of carboxylic acid groups (broad SMARTS) is 2. The van der Waals surface area contributed by atoms with Gasteiger partial charge in [0.1, 0.15) is 24.3 Å². The maximum atomic E-state index is 12.8. The van der Waals surface area contributed by atoms with E-state index < -0.39 is 83.4 Å². The van der Waals surface area contributed by atoms with Gasteiger partial charge >= 0.3 is 88.7 Å². The van der Waals surface area contributed by atoms with Crippen molar-refractivity contribution in [1.29, 1.82) is 0 Å². The number of aliphatic hydroxyl groups is 2. The quantitative estimate of drug-likeness (QED) is 0.0474. The van der Waals surface area contributed by atoms with E-state index in [0.29, 0.717) is 5.75 Å². The zero-order chi connectivity index (χ0) is 35.5. The van der Waals surface area contributed by atoms with E-state index in [9.17, 15) is 52.6 Å². The Hall–Kier alpha value is -0.620. The Balaban J connectivity index is 0.00000833. The van der Waals surface area contributed by atoms with Crippen LogP contribution in [-0.4, -0.2) is 108 Å². The van der Waals surface area contributed by atoms with Crippen LogP contribution in [0.3, 0.4) is 0 Å². The summed E-state index contributed by atoms with van der Waals surface area (Å²) in [6.45, 7) is 0.0142. The topological polar surface area (TPSA) is 264 Å². The van der Waals surface area contributed by atoms with Crippen molar-refractivity contribution < 1.29 is 155 Å². The number of carbonyl (C=O) groups excluding carboxylic acids is 4. The van der Waals surface area contributed by atoms with Gasteiger partial charge < -0.3 is 54.7 Å². The summed E-state index contributed by atoms with van der Waals surface area (Å²) in [4.78, 5) is 47.8. The monoisotopic (exact) mass is 780 g/mol. The third-order valence-corrected chi connectivity index (χ3v) is 8.70. The first-order valence-corrected chi connectivity index (χ1v) is 17.1. The van der Waals surface area contributed by atoms with Gasteiger partial charge in [0.25, 0.3) is 5.91 Å². The second-order valence-electron chi connectivity index (χ2n) is 10.7. The van der Waals surface area contributed by atoms with Crippen molar-refractivity contribution in [3.8, 4) is 11.1 Å². The van der Waals surface area contributed by atoms with Gasteiger partial charge in [0.05, 0.1) is 18.8 Å². The molecule has 3 rings (SSSR count). The number of hydrogen-bond donors (Lipinski definition) is 4. The number of ether oxygens (including phenoxy) is 2. The molecule has 0 bridgehead atoms. The minimum atomic E-state index is -5.54. The van der Waals surface area contributed by atoms with Crippen molar-refractivity contribution in [2.45, 2.75) is 62.4 Å². The molecule has 4 N–H and O–H groups in total. The van der Waals surface area contributed by atoms with Gasteiger partial charge in [-0.3, -0.25) is 13.8 Å². The van der Waals surface area contributed by atoms with Crippen LogP contribution in [0.4, 0.5) is 0 Å². The molecule has 0 aliphatic carbocycles. The number of nitrogens with one attached hydrogen (secondary N) is 2. The Kier molecular flexibility index (Phi) is 23.7. The van der Waals surface area contributed by atoms with Crippen LogP contribution in [0.1, 0.15) is 36.5 Å². The maximum absolute atomic E-state index is 12.8. The molecule has 1 fully saturated rings. The summed E-state index contributed by atoms with van der Waals surface area (Å²) in [6, 6.07) is 14.1. The largest absolute Gasteiger partial charge is 1.00 e. The Morgan fingerprint density at radius 3 is 2.16 bits per heavy atom. The van der Waals surface area contributed by atoms with Crippen molar-refractivity contribution in [3.05, 3.63) is 60.2 Å². The number of carbonyl (C=O) groups is 4. The van der Waals surface area contributed by atoms with Gasteiger partial charge in [-0.05, 0) is 47.6 Å². The summed E-state index contributed by atoms with van der Waals surface area (Å²) < 4.78 is 50.4. The number of aliphatic hydroxyl groups excluding tert-OH is 2. The first-order valence-electron chi connectivity index (χ1n) is 14.6. The van der Waals surface area contributed by atoms with Crippen molar-refractivity contribution in [1.82, 2.24) is 10.6 Å². The predicted octanol–water partition coefficient (Wildman–Crippen LogP) is -11.3. The summed E-state index contributed by atoms with van der Waals surface area (Å²) in [7, 11) is -5.54. The first kappa shape index (κ1) is 50.4. The molecule has 0 unspecified atom stereocenters. The van der Waals surface area contributed by atoms with E-state index >= 15 is 0 Å². The van der Waals surface area contributed by atoms with E-state index in [-0.39, 0.29) is 119 Å². The predicted molar refractivity (Wildman–Crippen MR) is 163 cm³/mol. The van der Waals surface area contributed by atoms with E-state index in [4.69, 9.17) is 9.47 Å². The summed E-state index contributed by atoms with van der Waals surface area (Å²) in [5, 5.41) is 49.6. The molecule has 0 saturated carbocycles. The van der Waals surface area contributed by atoms with Crippen molar-refractivity contribution in [3.63, 3.8) is 0 Å². The molecule has 6 atom stereocenters. The molecule has 0 aromatic heterocycles. The molecule has 2 aromatic rings. The van der Waals surface area contributed by atoms with E-state index in [0.717, 1.165) is 18.1 Å². The van der Waals surface area contributed by atoms with Gasteiger partial charge in [0, 0.05) is 31.4 Å². The SMILES string of the molecule is CC(=O)N[C@H]1[C@H]([C@H](O)[C@H](O)CNC(=O)c2ccc(-c3ccccc3)cc2)O[C@@](OCCCSCCC(=O)[O-])(C(=O)[O-])C[C@@H]1OS(=O)(=O)[O-].[Na+].[Na+].[Na+]. The van der Waals surface area contributed by atoms with Crippen LogP contribution in [0.15, 0.2) is 54.6 Å². The molecule has 264 valence electrons. The molecule has 51 heavy (non-hydrogen) atoms. The van der Waals surface area contributed by atoms with Crippen LogP contribution in [0, 0.1) is 0 Å². The van der Waals surface area contributed by atoms with Crippen LogP contribution in [0.2, 0.25) is 0 Å². The Bertz CT molecular complexity index is 1530. The Labute approximate surface area is 366 Å². The maximum Gasteiger partial charge on any atom is 1.00 e. The van der Waals surface area contributed by atoms with Gasteiger partial charge in [-0.25, -0.2) is 8.42 Å². The smallest absolute Gasteiger partial charge is 0.726 e. The summed E-state index contributed by atoms with van der Waals surface area (Å²) in [5.74, 6) is -7.09. The summed E-state index contributed by atoms with van der Waals surface area (Å²) in [5.41, 5.74) is 1.96. The van der Waals surface area contributed by atoms with E-state index in [1.165, 1.54) is 23.9 Å². The number of benzene rings is 2. The van der Waals surface area contributed by atoms with Gasteiger partial charge in [-0.1, -0.05) is 42.5 Å². The average molecular weight is 781 g/mol. The van der Waals surface area contributed by atoms with Crippen molar-refractivity contribution in [2.75, 3.05) is 24.7 Å². The fourth-order valence-corrected chi connectivity index (χ4v) is 6.23. The zero-order valence-corrected chi connectivity index (χ0v) is 36.3. The van der Waals surface area contributed by atoms with Gasteiger partial charge in [-0.2, -0.15) is 11.8 Å². The molecular weight excluding hydrogens is 745 g/mol. The number of amides is 2.